The third-order valence-electron chi connectivity index (χ3n) is 4.81. The van der Waals surface area contributed by atoms with E-state index < -0.39 is 0 Å². The van der Waals surface area contributed by atoms with Crippen molar-refractivity contribution in [3.8, 4) is 5.75 Å². The lowest BCUT2D eigenvalue weighted by Gasteiger charge is -2.14. The highest BCUT2D eigenvalue weighted by Crippen LogP contribution is 2.34. The molecule has 2 nitrogen and oxygen atoms in total. The fourth-order valence-corrected chi connectivity index (χ4v) is 3.36. The Morgan fingerprint density at radius 3 is 1.88 bits per heavy atom. The third-order valence-corrected chi connectivity index (χ3v) is 4.81. The first-order valence-electron chi connectivity index (χ1n) is 9.02. The largest absolute Gasteiger partial charge is 0.492 e. The Morgan fingerprint density at radius 1 is 0.731 bits per heavy atom. The highest BCUT2D eigenvalue weighted by atomic mass is 16.5. The molecule has 4 aromatic rings. The van der Waals surface area contributed by atoms with Crippen LogP contribution in [0.4, 0.5) is 5.69 Å². The summed E-state index contributed by atoms with van der Waals surface area (Å²) in [5.74, 6) is 0.989. The molecular formula is C24H23NO. The molecule has 0 saturated heterocycles. The summed E-state index contributed by atoms with van der Waals surface area (Å²) in [6, 6.07) is 27.8. The molecule has 0 N–H and O–H groups in total. The van der Waals surface area contributed by atoms with Gasteiger partial charge in [0.2, 0.25) is 0 Å². The minimum absolute atomic E-state index is 0.666. The monoisotopic (exact) mass is 341 g/mol. The molecule has 0 amide bonds. The molecule has 4 rings (SSSR count). The minimum atomic E-state index is 0.666. The molecule has 0 aliphatic carbocycles. The van der Waals surface area contributed by atoms with Gasteiger partial charge in [0, 0.05) is 37.0 Å². The maximum atomic E-state index is 6.30. The van der Waals surface area contributed by atoms with E-state index in [1.807, 2.05) is 0 Å². The summed E-state index contributed by atoms with van der Waals surface area (Å²) < 4.78 is 6.30. The van der Waals surface area contributed by atoms with Gasteiger partial charge in [0.15, 0.2) is 0 Å². The zero-order chi connectivity index (χ0) is 17.9. The van der Waals surface area contributed by atoms with E-state index in [1.165, 1.54) is 32.8 Å². The molecule has 4 aromatic carbocycles. The predicted octanol–water partition coefficient (Wildman–Crippen LogP) is 5.68. The van der Waals surface area contributed by atoms with Gasteiger partial charge in [-0.25, -0.2) is 0 Å². The Hall–Kier alpha value is -3.00. The first kappa shape index (κ1) is 16.5. The molecule has 0 aromatic heterocycles. The smallest absolute Gasteiger partial charge is 0.134 e. The van der Waals surface area contributed by atoms with Crippen molar-refractivity contribution in [3.63, 3.8) is 0 Å². The molecule has 26 heavy (non-hydrogen) atoms. The Labute approximate surface area is 154 Å². The summed E-state index contributed by atoms with van der Waals surface area (Å²) in [5, 5.41) is 4.79. The van der Waals surface area contributed by atoms with E-state index in [9.17, 15) is 0 Å². The lowest BCUT2D eigenvalue weighted by atomic mass is 10.0. The van der Waals surface area contributed by atoms with Crippen molar-refractivity contribution in [1.29, 1.82) is 0 Å². The van der Waals surface area contributed by atoms with Gasteiger partial charge >= 0.3 is 0 Å². The van der Waals surface area contributed by atoms with Gasteiger partial charge in [-0.15, -0.1) is 0 Å². The molecule has 130 valence electrons. The van der Waals surface area contributed by atoms with Gasteiger partial charge in [-0.1, -0.05) is 60.7 Å². The highest BCUT2D eigenvalue weighted by Gasteiger charge is 2.08. The average Bonchev–Trinajstić information content (AvgIpc) is 2.68. The number of nitrogens with zero attached hydrogens (tertiary/aromatic N) is 1. The second-order valence-corrected chi connectivity index (χ2v) is 6.81. The van der Waals surface area contributed by atoms with Crippen molar-refractivity contribution < 1.29 is 4.74 Å². The van der Waals surface area contributed by atoms with Gasteiger partial charge in [-0.2, -0.15) is 0 Å². The van der Waals surface area contributed by atoms with Crippen LogP contribution in [0, 0.1) is 0 Å². The second kappa shape index (κ2) is 7.09. The Morgan fingerprint density at radius 2 is 1.31 bits per heavy atom. The van der Waals surface area contributed by atoms with Crippen LogP contribution in [-0.4, -0.2) is 20.7 Å². The van der Waals surface area contributed by atoms with Crippen molar-refractivity contribution in [3.05, 3.63) is 84.4 Å². The average molecular weight is 341 g/mol. The Balaban J connectivity index is 1.59. The summed E-state index contributed by atoms with van der Waals surface area (Å²) in [6.07, 6.45) is 0.894. The lowest BCUT2D eigenvalue weighted by Crippen LogP contribution is -2.08. The number of anilines is 1. The Bertz CT molecular complexity index is 981. The standard InChI is InChI=1S/C24H23NO/c1-25(2)21-13-11-18(12-14-21)15-16-26-24-22-9-5-3-7-19(22)17-20-8-4-6-10-23(20)24/h3-14,17H,15-16H2,1-2H3. The molecule has 0 fully saturated rings. The van der Waals surface area contributed by atoms with Crippen LogP contribution < -0.4 is 9.64 Å². The summed E-state index contributed by atoms with van der Waals surface area (Å²) in [5.41, 5.74) is 2.51. The van der Waals surface area contributed by atoms with E-state index in [0.717, 1.165) is 12.2 Å². The molecule has 0 aliphatic rings. The van der Waals surface area contributed by atoms with Crippen LogP contribution in [0.2, 0.25) is 0 Å². The van der Waals surface area contributed by atoms with Gasteiger partial charge in [-0.05, 0) is 34.5 Å². The quantitative estimate of drug-likeness (QED) is 0.433. The topological polar surface area (TPSA) is 12.5 Å². The molecule has 2 heteroatoms. The third kappa shape index (κ3) is 3.23. The van der Waals surface area contributed by atoms with E-state index >= 15 is 0 Å². The molecule has 0 bridgehead atoms. The molecule has 0 saturated carbocycles. The van der Waals surface area contributed by atoms with Crippen molar-refractivity contribution in [1.82, 2.24) is 0 Å². The van der Waals surface area contributed by atoms with Crippen molar-refractivity contribution in [2.75, 3.05) is 25.6 Å². The summed E-state index contributed by atoms with van der Waals surface area (Å²) in [6.45, 7) is 0.666. The number of rotatable bonds is 5. The van der Waals surface area contributed by atoms with E-state index in [0.29, 0.717) is 6.61 Å². The minimum Gasteiger partial charge on any atom is -0.492 e. The van der Waals surface area contributed by atoms with Crippen LogP contribution in [0.1, 0.15) is 5.56 Å². The van der Waals surface area contributed by atoms with Gasteiger partial charge in [0.1, 0.15) is 5.75 Å². The molecule has 0 heterocycles. The van der Waals surface area contributed by atoms with Gasteiger partial charge in [0.25, 0.3) is 0 Å². The molecule has 0 unspecified atom stereocenters. The van der Waals surface area contributed by atoms with E-state index in [1.54, 1.807) is 0 Å². The maximum absolute atomic E-state index is 6.30. The summed E-state index contributed by atoms with van der Waals surface area (Å²) in [7, 11) is 4.12. The van der Waals surface area contributed by atoms with Crippen molar-refractivity contribution in [2.24, 2.45) is 0 Å². The van der Waals surface area contributed by atoms with Crippen molar-refractivity contribution in [2.45, 2.75) is 6.42 Å². The van der Waals surface area contributed by atoms with E-state index in [2.05, 4.69) is 97.9 Å². The first-order valence-corrected chi connectivity index (χ1v) is 9.02. The van der Waals surface area contributed by atoms with Crippen molar-refractivity contribution >= 4 is 27.2 Å². The lowest BCUT2D eigenvalue weighted by molar-refractivity contribution is 0.329. The normalized spacial score (nSPS) is 11.0. The number of benzene rings is 4. The second-order valence-electron chi connectivity index (χ2n) is 6.81. The maximum Gasteiger partial charge on any atom is 0.134 e. The molecule has 0 atom stereocenters. The fourth-order valence-electron chi connectivity index (χ4n) is 3.36. The summed E-state index contributed by atoms with van der Waals surface area (Å²) in [4.78, 5) is 2.11. The zero-order valence-electron chi connectivity index (χ0n) is 15.3. The van der Waals surface area contributed by atoms with E-state index in [4.69, 9.17) is 4.74 Å². The van der Waals surface area contributed by atoms with E-state index in [-0.39, 0.29) is 0 Å². The molecule has 0 aliphatic heterocycles. The van der Waals surface area contributed by atoms with Gasteiger partial charge in [-0.3, -0.25) is 0 Å². The highest BCUT2D eigenvalue weighted by molar-refractivity contribution is 6.05. The van der Waals surface area contributed by atoms with Crippen LogP contribution in [-0.2, 0) is 6.42 Å². The van der Waals surface area contributed by atoms with Crippen LogP contribution >= 0.6 is 0 Å². The molecule has 0 spiro atoms. The fraction of sp³-hybridized carbons (Fsp3) is 0.167. The van der Waals surface area contributed by atoms with Crippen LogP contribution in [0.25, 0.3) is 21.5 Å². The Kier molecular flexibility index (Phi) is 4.49. The zero-order valence-corrected chi connectivity index (χ0v) is 15.3. The van der Waals surface area contributed by atoms with Gasteiger partial charge in [0.05, 0.1) is 6.61 Å². The number of ether oxygens (including phenoxy) is 1. The van der Waals surface area contributed by atoms with Gasteiger partial charge < -0.3 is 9.64 Å². The number of hydrogen-bond acceptors (Lipinski definition) is 2. The predicted molar refractivity (Wildman–Crippen MR) is 111 cm³/mol. The van der Waals surface area contributed by atoms with Crippen LogP contribution in [0.3, 0.4) is 0 Å². The first-order chi connectivity index (χ1) is 12.7. The number of fused-ring (bicyclic) bond motifs is 2. The van der Waals surface area contributed by atoms with Crippen LogP contribution in [0.5, 0.6) is 5.75 Å². The SMILES string of the molecule is CN(C)c1ccc(CCOc2c3ccccc3cc3ccccc23)cc1. The molecule has 0 radical (unpaired) electrons. The van der Waals surface area contributed by atoms with Crippen LogP contribution in [0.15, 0.2) is 78.9 Å². The number of hydrogen-bond donors (Lipinski definition) is 0. The molecular weight excluding hydrogens is 318 g/mol. The summed E-state index contributed by atoms with van der Waals surface area (Å²) >= 11 is 0.